The minimum atomic E-state index is -0.463. The summed E-state index contributed by atoms with van der Waals surface area (Å²) >= 11 is 0. The highest BCUT2D eigenvalue weighted by molar-refractivity contribution is 5.28. The molecule has 0 amide bonds. The molecular weight excluding hydrogens is 190 g/mol. The van der Waals surface area contributed by atoms with Crippen molar-refractivity contribution in [3.8, 4) is 6.07 Å². The van der Waals surface area contributed by atoms with Crippen LogP contribution in [0.4, 0.5) is 0 Å². The second-order valence-electron chi connectivity index (χ2n) is 4.72. The maximum Gasteiger partial charge on any atom is 0.116 e. The second-order valence-corrected chi connectivity index (χ2v) is 4.72. The Morgan fingerprint density at radius 3 is 2.40 bits per heavy atom. The first-order chi connectivity index (χ1) is 7.02. The quantitative estimate of drug-likeness (QED) is 0.744. The maximum absolute atomic E-state index is 9.22. The van der Waals surface area contributed by atoms with Crippen LogP contribution in [-0.4, -0.2) is 13.2 Å². The molecule has 0 radical (unpaired) electrons. The van der Waals surface area contributed by atoms with Crippen LogP contribution in [0.25, 0.3) is 0 Å². The lowest BCUT2D eigenvalue weighted by Crippen LogP contribution is -2.56. The smallest absolute Gasteiger partial charge is 0.116 e. The number of rotatable bonds is 2. The van der Waals surface area contributed by atoms with Gasteiger partial charge in [0.15, 0.2) is 0 Å². The van der Waals surface area contributed by atoms with E-state index in [9.17, 15) is 5.26 Å². The molecule has 1 fully saturated rings. The molecule has 0 saturated carbocycles. The summed E-state index contributed by atoms with van der Waals surface area (Å²) in [4.78, 5) is 0. The normalized spacial score (nSPS) is 19.3. The van der Waals surface area contributed by atoms with Crippen molar-refractivity contribution in [2.75, 3.05) is 13.2 Å². The summed E-state index contributed by atoms with van der Waals surface area (Å²) in [6.45, 7) is 6.93. The van der Waals surface area contributed by atoms with Crippen molar-refractivity contribution in [3.05, 3.63) is 23.7 Å². The van der Waals surface area contributed by atoms with Gasteiger partial charge in [0.05, 0.1) is 30.1 Å². The molecule has 0 aromatic carbocycles. The first-order valence-corrected chi connectivity index (χ1v) is 5.08. The first-order valence-electron chi connectivity index (χ1n) is 5.08. The first kappa shape index (κ1) is 10.3. The van der Waals surface area contributed by atoms with Gasteiger partial charge < -0.3 is 9.15 Å². The summed E-state index contributed by atoms with van der Waals surface area (Å²) < 4.78 is 10.9. The highest BCUT2D eigenvalue weighted by Crippen LogP contribution is 2.47. The fourth-order valence-corrected chi connectivity index (χ4v) is 1.92. The third kappa shape index (κ3) is 1.29. The van der Waals surface area contributed by atoms with Crippen LogP contribution in [-0.2, 0) is 10.2 Å². The Kier molecular flexibility index (Phi) is 2.13. The predicted octanol–water partition coefficient (Wildman–Crippen LogP) is 2.41. The largest absolute Gasteiger partial charge is 0.466 e. The van der Waals surface area contributed by atoms with Crippen molar-refractivity contribution in [3.63, 3.8) is 0 Å². The molecule has 2 rings (SSSR count). The van der Waals surface area contributed by atoms with E-state index < -0.39 is 5.41 Å². The zero-order valence-electron chi connectivity index (χ0n) is 9.33. The molecule has 0 aliphatic carbocycles. The fraction of sp³-hybridized carbons (Fsp3) is 0.583. The molecule has 1 aromatic heterocycles. The van der Waals surface area contributed by atoms with Gasteiger partial charge in [-0.25, -0.2) is 0 Å². The Balaban J connectivity index is 2.43. The molecule has 3 heteroatoms. The van der Waals surface area contributed by atoms with Gasteiger partial charge in [-0.2, -0.15) is 5.26 Å². The van der Waals surface area contributed by atoms with Crippen LogP contribution >= 0.6 is 0 Å². The lowest BCUT2D eigenvalue weighted by molar-refractivity contribution is -0.112. The standard InChI is InChI=1S/C12H15NO2/c1-9-4-5-10(15-9)12(7-14-8-12)11(2,3)6-13/h4-5H,7-8H2,1-3H3. The molecule has 1 saturated heterocycles. The van der Waals surface area contributed by atoms with Crippen molar-refractivity contribution in [2.45, 2.75) is 26.2 Å². The number of nitrogens with zero attached hydrogens (tertiary/aromatic N) is 1. The Hall–Kier alpha value is -1.27. The number of hydrogen-bond donors (Lipinski definition) is 0. The SMILES string of the molecule is Cc1ccc(C2(C(C)(C)C#N)COC2)o1. The molecular formula is C12H15NO2. The number of ether oxygens (including phenoxy) is 1. The van der Waals surface area contributed by atoms with Gasteiger partial charge in [0.2, 0.25) is 0 Å². The van der Waals surface area contributed by atoms with E-state index in [0.29, 0.717) is 13.2 Å². The topological polar surface area (TPSA) is 46.2 Å². The Morgan fingerprint density at radius 2 is 2.07 bits per heavy atom. The summed E-state index contributed by atoms with van der Waals surface area (Å²) in [7, 11) is 0. The lowest BCUT2D eigenvalue weighted by Gasteiger charge is -2.47. The van der Waals surface area contributed by atoms with E-state index >= 15 is 0 Å². The van der Waals surface area contributed by atoms with Crippen LogP contribution in [0.15, 0.2) is 16.5 Å². The second kappa shape index (κ2) is 3.11. The van der Waals surface area contributed by atoms with Gasteiger partial charge in [0, 0.05) is 0 Å². The molecule has 1 aliphatic rings. The molecule has 0 N–H and O–H groups in total. The number of aryl methyl sites for hydroxylation is 1. The van der Waals surface area contributed by atoms with Crippen LogP contribution < -0.4 is 0 Å². The Labute approximate surface area is 89.6 Å². The number of hydrogen-bond acceptors (Lipinski definition) is 3. The summed E-state index contributed by atoms with van der Waals surface area (Å²) in [6.07, 6.45) is 0. The van der Waals surface area contributed by atoms with Gasteiger partial charge >= 0.3 is 0 Å². The summed E-state index contributed by atoms with van der Waals surface area (Å²) in [6, 6.07) is 6.24. The van der Waals surface area contributed by atoms with E-state index in [1.165, 1.54) is 0 Å². The average Bonchev–Trinajstić information content (AvgIpc) is 2.50. The van der Waals surface area contributed by atoms with E-state index in [1.807, 2.05) is 32.9 Å². The van der Waals surface area contributed by atoms with Crippen molar-refractivity contribution >= 4 is 0 Å². The Bertz CT molecular complexity index is 408. The van der Waals surface area contributed by atoms with Crippen LogP contribution in [0.5, 0.6) is 0 Å². The van der Waals surface area contributed by atoms with E-state index in [-0.39, 0.29) is 5.41 Å². The van der Waals surface area contributed by atoms with Gasteiger partial charge in [-0.15, -0.1) is 0 Å². The highest BCUT2D eigenvalue weighted by atomic mass is 16.5. The Morgan fingerprint density at radius 1 is 1.40 bits per heavy atom. The summed E-state index contributed by atoms with van der Waals surface area (Å²) in [5.74, 6) is 1.75. The zero-order valence-corrected chi connectivity index (χ0v) is 9.33. The molecule has 3 nitrogen and oxygen atoms in total. The molecule has 0 bridgehead atoms. The molecule has 15 heavy (non-hydrogen) atoms. The predicted molar refractivity (Wildman–Crippen MR) is 55.3 cm³/mol. The van der Waals surface area contributed by atoms with Gasteiger partial charge in [-0.3, -0.25) is 0 Å². The third-order valence-corrected chi connectivity index (χ3v) is 3.38. The van der Waals surface area contributed by atoms with E-state index in [2.05, 4.69) is 6.07 Å². The van der Waals surface area contributed by atoms with Crippen molar-refractivity contribution in [2.24, 2.45) is 5.41 Å². The van der Waals surface area contributed by atoms with Crippen molar-refractivity contribution < 1.29 is 9.15 Å². The molecule has 1 aromatic rings. The van der Waals surface area contributed by atoms with Crippen LogP contribution in [0.3, 0.4) is 0 Å². The zero-order chi connectivity index (χ0) is 11.1. The molecule has 1 aliphatic heterocycles. The van der Waals surface area contributed by atoms with E-state index in [0.717, 1.165) is 11.5 Å². The minimum Gasteiger partial charge on any atom is -0.466 e. The molecule has 80 valence electrons. The van der Waals surface area contributed by atoms with Crippen LogP contribution in [0, 0.1) is 23.7 Å². The maximum atomic E-state index is 9.22. The number of nitriles is 1. The van der Waals surface area contributed by atoms with Gasteiger partial charge in [0.1, 0.15) is 11.5 Å². The highest BCUT2D eigenvalue weighted by Gasteiger charge is 2.55. The molecule has 0 spiro atoms. The third-order valence-electron chi connectivity index (χ3n) is 3.38. The van der Waals surface area contributed by atoms with E-state index in [1.54, 1.807) is 0 Å². The van der Waals surface area contributed by atoms with Crippen molar-refractivity contribution in [1.82, 2.24) is 0 Å². The molecule has 0 atom stereocenters. The van der Waals surface area contributed by atoms with Crippen LogP contribution in [0.2, 0.25) is 0 Å². The minimum absolute atomic E-state index is 0.268. The summed E-state index contributed by atoms with van der Waals surface area (Å²) in [5.41, 5.74) is -0.731. The van der Waals surface area contributed by atoms with Crippen molar-refractivity contribution in [1.29, 1.82) is 5.26 Å². The summed E-state index contributed by atoms with van der Waals surface area (Å²) in [5, 5.41) is 9.22. The van der Waals surface area contributed by atoms with Gasteiger partial charge in [-0.1, -0.05) is 0 Å². The van der Waals surface area contributed by atoms with Crippen LogP contribution in [0.1, 0.15) is 25.4 Å². The monoisotopic (exact) mass is 205 g/mol. The van der Waals surface area contributed by atoms with E-state index in [4.69, 9.17) is 9.15 Å². The molecule has 2 heterocycles. The molecule has 0 unspecified atom stereocenters. The van der Waals surface area contributed by atoms with Gasteiger partial charge in [-0.05, 0) is 32.9 Å². The van der Waals surface area contributed by atoms with Gasteiger partial charge in [0.25, 0.3) is 0 Å². The lowest BCUT2D eigenvalue weighted by atomic mass is 9.63. The fourth-order valence-electron chi connectivity index (χ4n) is 1.92. The average molecular weight is 205 g/mol. The number of furan rings is 1.